The minimum atomic E-state index is -0.238. The molecule has 0 aliphatic rings. The first kappa shape index (κ1) is 21.4. The number of carbonyl (C=O) groups excluding carboxylic acids is 2. The van der Waals surface area contributed by atoms with Crippen molar-refractivity contribution in [2.45, 2.75) is 20.8 Å². The molecule has 0 fully saturated rings. The highest BCUT2D eigenvalue weighted by Crippen LogP contribution is 2.16. The molecule has 1 N–H and O–H groups in total. The van der Waals surface area contributed by atoms with E-state index in [1.54, 1.807) is 53.4 Å². The molecule has 2 aromatic rings. The van der Waals surface area contributed by atoms with Crippen LogP contribution in [-0.4, -0.2) is 49.6 Å². The average molecular weight is 384 g/mol. The first-order valence-electron chi connectivity index (χ1n) is 9.60. The summed E-state index contributed by atoms with van der Waals surface area (Å²) in [7, 11) is 0. The van der Waals surface area contributed by atoms with E-state index in [1.807, 2.05) is 20.8 Å². The van der Waals surface area contributed by atoms with Crippen LogP contribution in [0.1, 0.15) is 41.5 Å². The van der Waals surface area contributed by atoms with Gasteiger partial charge in [-0.15, -0.1) is 0 Å². The molecule has 6 heteroatoms. The minimum Gasteiger partial charge on any atom is -0.491 e. The fraction of sp³-hybridized carbons (Fsp3) is 0.364. The van der Waals surface area contributed by atoms with Crippen LogP contribution in [0.4, 0.5) is 5.69 Å². The van der Waals surface area contributed by atoms with E-state index in [1.165, 1.54) is 0 Å². The third-order valence-corrected chi connectivity index (χ3v) is 4.24. The van der Waals surface area contributed by atoms with Crippen molar-refractivity contribution in [1.29, 1.82) is 0 Å². The van der Waals surface area contributed by atoms with Crippen LogP contribution < -0.4 is 10.1 Å². The quantitative estimate of drug-likeness (QED) is 0.632. The average Bonchev–Trinajstić information content (AvgIpc) is 2.73. The van der Waals surface area contributed by atoms with Crippen molar-refractivity contribution >= 4 is 17.5 Å². The highest BCUT2D eigenvalue weighted by molar-refractivity contribution is 6.04. The topological polar surface area (TPSA) is 67.9 Å². The Bertz CT molecular complexity index is 770. The van der Waals surface area contributed by atoms with E-state index in [0.29, 0.717) is 55.5 Å². The molecule has 0 aliphatic heterocycles. The largest absolute Gasteiger partial charge is 0.491 e. The van der Waals surface area contributed by atoms with Gasteiger partial charge in [-0.3, -0.25) is 9.59 Å². The second kappa shape index (κ2) is 11.1. The number of hydrogen-bond donors (Lipinski definition) is 1. The van der Waals surface area contributed by atoms with Gasteiger partial charge in [0.05, 0.1) is 6.61 Å². The number of anilines is 1. The van der Waals surface area contributed by atoms with Crippen LogP contribution in [-0.2, 0) is 4.74 Å². The van der Waals surface area contributed by atoms with Crippen LogP contribution in [0.3, 0.4) is 0 Å². The number of amides is 2. The van der Waals surface area contributed by atoms with E-state index >= 15 is 0 Å². The maximum atomic E-state index is 12.5. The molecule has 150 valence electrons. The number of rotatable bonds is 10. The summed E-state index contributed by atoms with van der Waals surface area (Å²) in [6.45, 7) is 8.73. The first-order chi connectivity index (χ1) is 13.6. The highest BCUT2D eigenvalue weighted by Gasteiger charge is 2.13. The molecule has 0 aliphatic carbocycles. The molecule has 0 saturated carbocycles. The van der Waals surface area contributed by atoms with Gasteiger partial charge in [0, 0.05) is 36.5 Å². The van der Waals surface area contributed by atoms with Crippen LogP contribution in [0.15, 0.2) is 48.5 Å². The molecule has 0 atom stereocenters. The maximum absolute atomic E-state index is 12.5. The molecule has 0 saturated heterocycles. The summed E-state index contributed by atoms with van der Waals surface area (Å²) in [5.74, 6) is 0.366. The van der Waals surface area contributed by atoms with Gasteiger partial charge in [0.15, 0.2) is 0 Å². The molecule has 0 bridgehead atoms. The van der Waals surface area contributed by atoms with Gasteiger partial charge in [0.2, 0.25) is 0 Å². The van der Waals surface area contributed by atoms with Gasteiger partial charge in [-0.25, -0.2) is 0 Å². The summed E-state index contributed by atoms with van der Waals surface area (Å²) in [5.41, 5.74) is 1.73. The number of ether oxygens (including phenoxy) is 2. The van der Waals surface area contributed by atoms with Crippen molar-refractivity contribution in [3.05, 3.63) is 59.7 Å². The van der Waals surface area contributed by atoms with Crippen molar-refractivity contribution in [2.24, 2.45) is 0 Å². The summed E-state index contributed by atoms with van der Waals surface area (Å²) in [5, 5.41) is 2.84. The van der Waals surface area contributed by atoms with Gasteiger partial charge in [-0.05, 0) is 63.2 Å². The van der Waals surface area contributed by atoms with Crippen molar-refractivity contribution in [2.75, 3.05) is 38.2 Å². The van der Waals surface area contributed by atoms with E-state index in [2.05, 4.69) is 5.32 Å². The second-order valence-electron chi connectivity index (χ2n) is 6.08. The lowest BCUT2D eigenvalue weighted by Gasteiger charge is -2.18. The molecule has 28 heavy (non-hydrogen) atoms. The van der Waals surface area contributed by atoms with Gasteiger partial charge in [-0.2, -0.15) is 0 Å². The Kier molecular flexibility index (Phi) is 8.49. The van der Waals surface area contributed by atoms with Crippen LogP contribution in [0, 0.1) is 0 Å². The van der Waals surface area contributed by atoms with Crippen LogP contribution in [0.2, 0.25) is 0 Å². The number of nitrogens with zero attached hydrogens (tertiary/aromatic N) is 1. The molecule has 0 spiro atoms. The highest BCUT2D eigenvalue weighted by atomic mass is 16.5. The van der Waals surface area contributed by atoms with E-state index in [9.17, 15) is 9.59 Å². The molecule has 2 aromatic carbocycles. The predicted molar refractivity (Wildman–Crippen MR) is 110 cm³/mol. The summed E-state index contributed by atoms with van der Waals surface area (Å²) in [6, 6.07) is 13.9. The summed E-state index contributed by atoms with van der Waals surface area (Å²) in [4.78, 5) is 26.6. The monoisotopic (exact) mass is 384 g/mol. The number of carbonyl (C=O) groups is 2. The van der Waals surface area contributed by atoms with E-state index in [4.69, 9.17) is 9.47 Å². The van der Waals surface area contributed by atoms with Gasteiger partial charge in [-0.1, -0.05) is 6.07 Å². The zero-order valence-electron chi connectivity index (χ0n) is 16.7. The number of hydrogen-bond acceptors (Lipinski definition) is 4. The molecule has 0 heterocycles. The molecule has 6 nitrogen and oxygen atoms in total. The Morgan fingerprint density at radius 1 is 0.929 bits per heavy atom. The molecule has 0 radical (unpaired) electrons. The molecular formula is C22H28N2O4. The van der Waals surface area contributed by atoms with Crippen LogP contribution in [0.25, 0.3) is 0 Å². The zero-order valence-corrected chi connectivity index (χ0v) is 16.7. The van der Waals surface area contributed by atoms with Crippen molar-refractivity contribution < 1.29 is 19.1 Å². The van der Waals surface area contributed by atoms with Crippen LogP contribution in [0.5, 0.6) is 5.75 Å². The third kappa shape index (κ3) is 6.09. The fourth-order valence-corrected chi connectivity index (χ4v) is 2.68. The lowest BCUT2D eigenvalue weighted by molar-refractivity contribution is 0.0773. The molecule has 0 aromatic heterocycles. The predicted octanol–water partition coefficient (Wildman–Crippen LogP) is 3.84. The molecule has 2 amide bonds. The van der Waals surface area contributed by atoms with Gasteiger partial charge < -0.3 is 19.7 Å². The SMILES string of the molecule is CCOCCOc1cccc(C(=O)Nc2ccc(C(=O)N(CC)CC)cc2)c1. The second-order valence-corrected chi connectivity index (χ2v) is 6.08. The Labute approximate surface area is 166 Å². The van der Waals surface area contributed by atoms with E-state index in [-0.39, 0.29) is 11.8 Å². The summed E-state index contributed by atoms with van der Waals surface area (Å²) < 4.78 is 10.8. The lowest BCUT2D eigenvalue weighted by atomic mass is 10.1. The maximum Gasteiger partial charge on any atom is 0.255 e. The molecule has 0 unspecified atom stereocenters. The van der Waals surface area contributed by atoms with Crippen molar-refractivity contribution in [3.63, 3.8) is 0 Å². The summed E-state index contributed by atoms with van der Waals surface area (Å²) in [6.07, 6.45) is 0. The van der Waals surface area contributed by atoms with Gasteiger partial charge in [0.1, 0.15) is 12.4 Å². The molecule has 2 rings (SSSR count). The Morgan fingerprint density at radius 3 is 2.29 bits per heavy atom. The number of nitrogens with one attached hydrogen (secondary N) is 1. The Balaban J connectivity index is 1.98. The standard InChI is InChI=1S/C22H28N2O4/c1-4-24(5-2)22(26)17-10-12-19(13-11-17)23-21(25)18-8-7-9-20(16-18)28-15-14-27-6-3/h7-13,16H,4-6,14-15H2,1-3H3,(H,23,25). The minimum absolute atomic E-state index is 0.0141. The van der Waals surface area contributed by atoms with Crippen molar-refractivity contribution in [1.82, 2.24) is 4.90 Å². The first-order valence-corrected chi connectivity index (χ1v) is 9.60. The Morgan fingerprint density at radius 2 is 1.64 bits per heavy atom. The summed E-state index contributed by atoms with van der Waals surface area (Å²) >= 11 is 0. The smallest absolute Gasteiger partial charge is 0.255 e. The van der Waals surface area contributed by atoms with Gasteiger partial charge >= 0.3 is 0 Å². The third-order valence-electron chi connectivity index (χ3n) is 4.24. The van der Waals surface area contributed by atoms with Crippen molar-refractivity contribution in [3.8, 4) is 5.75 Å². The number of benzene rings is 2. The van der Waals surface area contributed by atoms with Crippen LogP contribution >= 0.6 is 0 Å². The lowest BCUT2D eigenvalue weighted by Crippen LogP contribution is -2.30. The van der Waals surface area contributed by atoms with E-state index < -0.39 is 0 Å². The zero-order chi connectivity index (χ0) is 20.4. The molecular weight excluding hydrogens is 356 g/mol. The fourth-order valence-electron chi connectivity index (χ4n) is 2.68. The normalized spacial score (nSPS) is 10.4. The van der Waals surface area contributed by atoms with Gasteiger partial charge in [0.25, 0.3) is 11.8 Å². The van der Waals surface area contributed by atoms with E-state index in [0.717, 1.165) is 0 Å². The Hall–Kier alpha value is -2.86.